The van der Waals surface area contributed by atoms with Gasteiger partial charge in [-0.1, -0.05) is 13.8 Å². The van der Waals surface area contributed by atoms with Gasteiger partial charge in [-0.3, -0.25) is 14.2 Å². The lowest BCUT2D eigenvalue weighted by molar-refractivity contribution is 0.0755. The molecule has 0 spiro atoms. The summed E-state index contributed by atoms with van der Waals surface area (Å²) >= 11 is 5.33. The van der Waals surface area contributed by atoms with E-state index in [9.17, 15) is 9.59 Å². The van der Waals surface area contributed by atoms with Crippen LogP contribution in [0, 0.1) is 4.77 Å². The quantitative estimate of drug-likeness (QED) is 0.537. The first-order chi connectivity index (χ1) is 12.5. The molecule has 0 bridgehead atoms. The third kappa shape index (κ3) is 4.59. The van der Waals surface area contributed by atoms with Gasteiger partial charge in [-0.2, -0.15) is 0 Å². The highest BCUT2D eigenvalue weighted by Crippen LogP contribution is 2.14. The van der Waals surface area contributed by atoms with Gasteiger partial charge < -0.3 is 14.6 Å². The molecule has 0 unspecified atom stereocenters. The van der Waals surface area contributed by atoms with Gasteiger partial charge in [0, 0.05) is 38.9 Å². The zero-order chi connectivity index (χ0) is 19.1. The van der Waals surface area contributed by atoms with Crippen LogP contribution in [-0.4, -0.2) is 47.2 Å². The first kappa shape index (κ1) is 20.3. The van der Waals surface area contributed by atoms with E-state index in [1.54, 1.807) is 29.9 Å². The molecule has 1 N–H and O–H groups in total. The number of fused-ring (bicyclic) bond motifs is 1. The molecule has 0 atom stereocenters. The van der Waals surface area contributed by atoms with Gasteiger partial charge in [-0.15, -0.1) is 0 Å². The van der Waals surface area contributed by atoms with Gasteiger partial charge in [0.15, 0.2) is 4.77 Å². The van der Waals surface area contributed by atoms with Crippen LogP contribution < -0.4 is 5.56 Å². The molecule has 1 amide bonds. The van der Waals surface area contributed by atoms with E-state index >= 15 is 0 Å². The number of hydrogen-bond donors (Lipinski definition) is 1. The Morgan fingerprint density at radius 2 is 1.96 bits per heavy atom. The number of benzene rings is 1. The molecule has 6 nitrogen and oxygen atoms in total. The largest absolute Gasteiger partial charge is 0.385 e. The molecule has 2 rings (SSSR count). The van der Waals surface area contributed by atoms with Crippen molar-refractivity contribution < 1.29 is 9.53 Å². The smallest absolute Gasteiger partial charge is 0.262 e. The predicted octanol–water partition coefficient (Wildman–Crippen LogP) is 3.36. The second-order valence-corrected chi connectivity index (χ2v) is 6.67. The molecule has 0 saturated carbocycles. The fourth-order valence-electron chi connectivity index (χ4n) is 2.99. The summed E-state index contributed by atoms with van der Waals surface area (Å²) in [6, 6.07) is 5.16. The monoisotopic (exact) mass is 377 g/mol. The molecule has 0 saturated heterocycles. The number of nitrogens with zero attached hydrogens (tertiary/aromatic N) is 2. The highest BCUT2D eigenvalue weighted by atomic mass is 32.1. The van der Waals surface area contributed by atoms with E-state index in [0.717, 1.165) is 25.9 Å². The third-order valence-electron chi connectivity index (χ3n) is 4.23. The Morgan fingerprint density at radius 1 is 1.27 bits per heavy atom. The number of aromatic nitrogens is 2. The zero-order valence-electron chi connectivity index (χ0n) is 15.7. The normalized spacial score (nSPS) is 11.0. The van der Waals surface area contributed by atoms with Gasteiger partial charge in [0.05, 0.1) is 10.9 Å². The minimum absolute atomic E-state index is 0.0146. The molecule has 0 aliphatic heterocycles. The van der Waals surface area contributed by atoms with E-state index in [0.29, 0.717) is 40.8 Å². The molecule has 2 aromatic rings. The molecule has 0 aliphatic carbocycles. The molecule has 1 aromatic heterocycles. The molecule has 0 radical (unpaired) electrons. The fourth-order valence-corrected chi connectivity index (χ4v) is 3.28. The first-order valence-electron chi connectivity index (χ1n) is 9.08. The number of rotatable bonds is 9. The number of methoxy groups -OCH3 is 1. The molecular weight excluding hydrogens is 350 g/mol. The van der Waals surface area contributed by atoms with Crippen molar-refractivity contribution in [2.45, 2.75) is 39.7 Å². The summed E-state index contributed by atoms with van der Waals surface area (Å²) in [6.07, 6.45) is 2.53. The summed E-state index contributed by atoms with van der Waals surface area (Å²) < 4.78 is 6.94. The minimum atomic E-state index is -0.141. The highest BCUT2D eigenvalue weighted by molar-refractivity contribution is 7.71. The van der Waals surface area contributed by atoms with Gasteiger partial charge in [0.25, 0.3) is 11.5 Å². The molecule has 7 heteroatoms. The van der Waals surface area contributed by atoms with Crippen LogP contribution in [0.4, 0.5) is 0 Å². The Morgan fingerprint density at radius 3 is 2.58 bits per heavy atom. The molecule has 0 fully saturated rings. The summed E-state index contributed by atoms with van der Waals surface area (Å²) in [5.41, 5.74) is 1.03. The molecule has 142 valence electrons. The molecule has 26 heavy (non-hydrogen) atoms. The lowest BCUT2D eigenvalue weighted by atomic mass is 10.1. The number of nitrogens with one attached hydrogen (secondary N) is 1. The summed E-state index contributed by atoms with van der Waals surface area (Å²) in [7, 11) is 1.63. The topological polar surface area (TPSA) is 67.3 Å². The Hall–Kier alpha value is -1.99. The summed E-state index contributed by atoms with van der Waals surface area (Å²) in [5, 5.41) is 0.532. The van der Waals surface area contributed by atoms with E-state index in [-0.39, 0.29) is 11.5 Å². The molecular formula is C19H27N3O3S. The summed E-state index contributed by atoms with van der Waals surface area (Å²) in [6.45, 7) is 6.62. The molecule has 0 aliphatic rings. The fraction of sp³-hybridized carbons (Fsp3) is 0.526. The minimum Gasteiger partial charge on any atom is -0.385 e. The Balaban J connectivity index is 2.39. The summed E-state index contributed by atoms with van der Waals surface area (Å²) in [4.78, 5) is 30.4. The van der Waals surface area contributed by atoms with Crippen LogP contribution >= 0.6 is 12.2 Å². The van der Waals surface area contributed by atoms with Crippen molar-refractivity contribution in [1.29, 1.82) is 0 Å². The highest BCUT2D eigenvalue weighted by Gasteiger charge is 2.15. The average Bonchev–Trinajstić information content (AvgIpc) is 2.63. The van der Waals surface area contributed by atoms with E-state index < -0.39 is 0 Å². The van der Waals surface area contributed by atoms with Crippen LogP contribution in [0.15, 0.2) is 23.0 Å². The van der Waals surface area contributed by atoms with E-state index in [1.807, 2.05) is 4.90 Å². The van der Waals surface area contributed by atoms with Crippen LogP contribution in [0.25, 0.3) is 10.9 Å². The number of amides is 1. The number of carbonyl (C=O) groups excluding carboxylic acids is 1. The standard InChI is InChI=1S/C19H27N3O3S/c1-4-9-21(10-5-2)17(23)14-7-8-15-16(13-14)20-19(26)22(18(15)24)11-6-12-25-3/h7-8,13H,4-6,9-12H2,1-3H3,(H,20,26). The van der Waals surface area contributed by atoms with Crippen molar-refractivity contribution in [3.05, 3.63) is 38.9 Å². The van der Waals surface area contributed by atoms with E-state index in [2.05, 4.69) is 18.8 Å². The third-order valence-corrected chi connectivity index (χ3v) is 4.56. The first-order valence-corrected chi connectivity index (χ1v) is 9.49. The lowest BCUT2D eigenvalue weighted by Crippen LogP contribution is -2.32. The van der Waals surface area contributed by atoms with Gasteiger partial charge in [-0.25, -0.2) is 0 Å². The van der Waals surface area contributed by atoms with Gasteiger partial charge in [-0.05, 0) is 49.7 Å². The maximum atomic E-state index is 12.8. The Bertz CT molecular complexity index is 866. The van der Waals surface area contributed by atoms with Crippen molar-refractivity contribution in [3.8, 4) is 0 Å². The lowest BCUT2D eigenvalue weighted by Gasteiger charge is -2.21. The number of hydrogen-bond acceptors (Lipinski definition) is 4. The van der Waals surface area contributed by atoms with Crippen molar-refractivity contribution >= 4 is 29.0 Å². The second kappa shape index (κ2) is 9.64. The van der Waals surface area contributed by atoms with Crippen LogP contribution in [0.3, 0.4) is 0 Å². The van der Waals surface area contributed by atoms with Gasteiger partial charge >= 0.3 is 0 Å². The SMILES string of the molecule is CCCN(CCC)C(=O)c1ccc2c(=O)n(CCCOC)c(=S)[nH]c2c1. The van der Waals surface area contributed by atoms with Crippen LogP contribution in [0.5, 0.6) is 0 Å². The number of carbonyl (C=O) groups is 1. The predicted molar refractivity (Wildman–Crippen MR) is 106 cm³/mol. The number of ether oxygens (including phenoxy) is 1. The number of H-pyrrole nitrogens is 1. The summed E-state index contributed by atoms with van der Waals surface area (Å²) in [5.74, 6) is -0.0146. The Kier molecular flexibility index (Phi) is 7.53. The van der Waals surface area contributed by atoms with Crippen molar-refractivity contribution in [2.24, 2.45) is 0 Å². The van der Waals surface area contributed by atoms with E-state index in [4.69, 9.17) is 17.0 Å². The van der Waals surface area contributed by atoms with Crippen molar-refractivity contribution in [3.63, 3.8) is 0 Å². The second-order valence-electron chi connectivity index (χ2n) is 6.29. The van der Waals surface area contributed by atoms with Crippen LogP contribution in [0.2, 0.25) is 0 Å². The molecule has 1 heterocycles. The van der Waals surface area contributed by atoms with Gasteiger partial charge in [0.2, 0.25) is 0 Å². The van der Waals surface area contributed by atoms with Crippen molar-refractivity contribution in [1.82, 2.24) is 14.5 Å². The van der Waals surface area contributed by atoms with Crippen molar-refractivity contribution in [2.75, 3.05) is 26.8 Å². The number of aromatic amines is 1. The Labute approximate surface area is 158 Å². The maximum absolute atomic E-state index is 12.8. The molecule has 1 aromatic carbocycles. The van der Waals surface area contributed by atoms with Crippen LogP contribution in [0.1, 0.15) is 43.5 Å². The van der Waals surface area contributed by atoms with Crippen LogP contribution in [-0.2, 0) is 11.3 Å². The maximum Gasteiger partial charge on any atom is 0.262 e. The zero-order valence-corrected chi connectivity index (χ0v) is 16.5. The van der Waals surface area contributed by atoms with Gasteiger partial charge in [0.1, 0.15) is 0 Å². The average molecular weight is 378 g/mol. The van der Waals surface area contributed by atoms with E-state index in [1.165, 1.54) is 0 Å².